The Bertz CT molecular complexity index is 586. The molecule has 0 aliphatic heterocycles. The summed E-state index contributed by atoms with van der Waals surface area (Å²) in [5, 5.41) is 24.9. The van der Waals surface area contributed by atoms with E-state index < -0.39 is 11.2 Å². The van der Waals surface area contributed by atoms with Gasteiger partial charge in [-0.25, -0.2) is 0 Å². The summed E-state index contributed by atoms with van der Waals surface area (Å²) in [6, 6.07) is 7.06. The first-order chi connectivity index (χ1) is 12.7. The first kappa shape index (κ1) is 22.7. The van der Waals surface area contributed by atoms with Crippen molar-refractivity contribution in [2.45, 2.75) is 45.3 Å². The van der Waals surface area contributed by atoms with Gasteiger partial charge in [-0.05, 0) is 44.9 Å². The van der Waals surface area contributed by atoms with Gasteiger partial charge in [-0.1, -0.05) is 12.1 Å². The summed E-state index contributed by atoms with van der Waals surface area (Å²) < 4.78 is 5.54. The molecule has 1 aromatic rings. The predicted octanol–water partition coefficient (Wildman–Crippen LogP) is 1.07. The van der Waals surface area contributed by atoms with Crippen molar-refractivity contribution in [1.82, 2.24) is 10.6 Å². The maximum Gasteiger partial charge on any atom is 0.294 e. The lowest BCUT2D eigenvalue weighted by molar-refractivity contribution is -0.757. The van der Waals surface area contributed by atoms with Crippen LogP contribution in [0.3, 0.4) is 0 Å². The highest BCUT2D eigenvalue weighted by molar-refractivity contribution is 5.78. The van der Waals surface area contributed by atoms with Crippen LogP contribution in [-0.4, -0.2) is 54.0 Å². The molecule has 0 aliphatic rings. The summed E-state index contributed by atoms with van der Waals surface area (Å²) in [5.41, 5.74) is 0.749. The minimum absolute atomic E-state index is 0.0452. The number of rotatable bonds is 12. The van der Waals surface area contributed by atoms with Crippen molar-refractivity contribution in [3.63, 3.8) is 0 Å². The van der Waals surface area contributed by atoms with E-state index in [4.69, 9.17) is 4.74 Å². The minimum Gasteiger partial charge on any atom is -0.491 e. The van der Waals surface area contributed by atoms with Gasteiger partial charge in [0.05, 0.1) is 13.0 Å². The third kappa shape index (κ3) is 11.8. The van der Waals surface area contributed by atoms with E-state index in [1.54, 1.807) is 24.3 Å². The first-order valence-electron chi connectivity index (χ1n) is 8.84. The molecule has 152 valence electrons. The highest BCUT2D eigenvalue weighted by Gasteiger charge is 2.12. The van der Waals surface area contributed by atoms with Crippen LogP contribution in [0.2, 0.25) is 0 Å². The van der Waals surface area contributed by atoms with Crippen molar-refractivity contribution in [2.75, 3.05) is 26.3 Å². The van der Waals surface area contributed by atoms with E-state index in [9.17, 15) is 20.0 Å². The molecule has 9 heteroatoms. The van der Waals surface area contributed by atoms with Crippen LogP contribution < -0.4 is 15.4 Å². The van der Waals surface area contributed by atoms with Gasteiger partial charge < -0.3 is 25.3 Å². The van der Waals surface area contributed by atoms with Crippen molar-refractivity contribution in [1.29, 1.82) is 0 Å². The zero-order chi connectivity index (χ0) is 20.3. The summed E-state index contributed by atoms with van der Waals surface area (Å²) in [6.07, 6.45) is -0.0469. The molecule has 0 aliphatic carbocycles. The standard InChI is InChI=1S/C18H29N3O6/c1-18(2,3)20-12-15(22)13-26-16-7-5-14(6-8-16)11-17(23)19-9-4-10-27-21(24)25/h5-8,15,20,22H,4,9-13H2,1-3H3,(H,19,23). The second kappa shape index (κ2) is 11.3. The molecule has 0 saturated heterocycles. The molecule has 3 N–H and O–H groups in total. The van der Waals surface area contributed by atoms with Crippen LogP contribution in [0, 0.1) is 10.1 Å². The molecule has 27 heavy (non-hydrogen) atoms. The van der Waals surface area contributed by atoms with Gasteiger partial charge in [0, 0.05) is 18.6 Å². The quantitative estimate of drug-likeness (QED) is 0.280. The molecule has 0 bridgehead atoms. The van der Waals surface area contributed by atoms with Crippen molar-refractivity contribution in [2.24, 2.45) is 0 Å². The smallest absolute Gasteiger partial charge is 0.294 e. The number of aliphatic hydroxyl groups excluding tert-OH is 1. The average molecular weight is 383 g/mol. The van der Waals surface area contributed by atoms with Crippen molar-refractivity contribution in [3.8, 4) is 5.75 Å². The second-order valence-electron chi connectivity index (χ2n) is 7.18. The largest absolute Gasteiger partial charge is 0.491 e. The number of ether oxygens (including phenoxy) is 1. The number of carbonyl (C=O) groups is 1. The molecule has 0 fully saturated rings. The summed E-state index contributed by atoms with van der Waals surface area (Å²) >= 11 is 0. The van der Waals surface area contributed by atoms with Gasteiger partial charge in [0.25, 0.3) is 5.09 Å². The molecule has 0 saturated carbocycles. The monoisotopic (exact) mass is 383 g/mol. The number of hydrogen-bond acceptors (Lipinski definition) is 7. The van der Waals surface area contributed by atoms with E-state index in [0.29, 0.717) is 25.3 Å². The Morgan fingerprint density at radius 2 is 1.96 bits per heavy atom. The number of β-amino-alcohol motifs (C(OH)–C–C–N with tert-alkyl or cyclic N) is 1. The van der Waals surface area contributed by atoms with Crippen LogP contribution >= 0.6 is 0 Å². The highest BCUT2D eigenvalue weighted by Crippen LogP contribution is 2.13. The van der Waals surface area contributed by atoms with Gasteiger partial charge in [-0.2, -0.15) is 0 Å². The van der Waals surface area contributed by atoms with Crippen LogP contribution in [0.15, 0.2) is 24.3 Å². The van der Waals surface area contributed by atoms with Gasteiger partial charge in [-0.3, -0.25) is 4.79 Å². The van der Waals surface area contributed by atoms with E-state index in [0.717, 1.165) is 5.56 Å². The Balaban J connectivity index is 2.26. The van der Waals surface area contributed by atoms with Crippen LogP contribution in [0.25, 0.3) is 0 Å². The van der Waals surface area contributed by atoms with E-state index in [1.807, 2.05) is 20.8 Å². The van der Waals surface area contributed by atoms with Crippen LogP contribution in [0.1, 0.15) is 32.8 Å². The summed E-state index contributed by atoms with van der Waals surface area (Å²) in [5.74, 6) is 0.444. The third-order valence-corrected chi connectivity index (χ3v) is 3.44. The Labute approximate surface area is 159 Å². The molecule has 0 spiro atoms. The lowest BCUT2D eigenvalue weighted by atomic mass is 10.1. The number of nitrogens with zero attached hydrogens (tertiary/aromatic N) is 1. The zero-order valence-electron chi connectivity index (χ0n) is 16.1. The molecule has 1 unspecified atom stereocenters. The average Bonchev–Trinajstić information content (AvgIpc) is 2.58. The minimum atomic E-state index is -0.856. The predicted molar refractivity (Wildman–Crippen MR) is 100.0 cm³/mol. The number of carbonyl (C=O) groups excluding carboxylic acids is 1. The van der Waals surface area contributed by atoms with Gasteiger partial charge in [-0.15, -0.1) is 10.1 Å². The molecule has 0 aromatic heterocycles. The molecule has 9 nitrogen and oxygen atoms in total. The summed E-state index contributed by atoms with van der Waals surface area (Å²) in [4.78, 5) is 26.0. The Kier molecular flexibility index (Phi) is 9.52. The van der Waals surface area contributed by atoms with Crippen molar-refractivity contribution >= 4 is 5.91 Å². The van der Waals surface area contributed by atoms with Crippen molar-refractivity contribution < 1.29 is 24.6 Å². The first-order valence-corrected chi connectivity index (χ1v) is 8.84. The molecular weight excluding hydrogens is 354 g/mol. The fraction of sp³-hybridized carbons (Fsp3) is 0.611. The van der Waals surface area contributed by atoms with Crippen LogP contribution in [-0.2, 0) is 16.1 Å². The molecule has 0 radical (unpaired) electrons. The third-order valence-electron chi connectivity index (χ3n) is 3.44. The zero-order valence-corrected chi connectivity index (χ0v) is 16.1. The summed E-state index contributed by atoms with van der Waals surface area (Å²) in [6.45, 7) is 6.95. The van der Waals surface area contributed by atoms with E-state index >= 15 is 0 Å². The lowest BCUT2D eigenvalue weighted by Crippen LogP contribution is -2.42. The van der Waals surface area contributed by atoms with Crippen LogP contribution in [0.4, 0.5) is 0 Å². The SMILES string of the molecule is CC(C)(C)NCC(O)COc1ccc(CC(=O)NCCCO[N+](=O)[O-])cc1. The molecular formula is C18H29N3O6. The Hall–Kier alpha value is -2.39. The van der Waals surface area contributed by atoms with Gasteiger partial charge in [0.1, 0.15) is 18.5 Å². The van der Waals surface area contributed by atoms with Crippen molar-refractivity contribution in [3.05, 3.63) is 39.9 Å². The number of nitrogens with one attached hydrogen (secondary N) is 2. The number of hydrogen-bond donors (Lipinski definition) is 3. The maximum absolute atomic E-state index is 11.8. The van der Waals surface area contributed by atoms with Gasteiger partial charge >= 0.3 is 0 Å². The van der Waals surface area contributed by atoms with Crippen LogP contribution in [0.5, 0.6) is 5.75 Å². The number of aliphatic hydroxyl groups is 1. The fourth-order valence-electron chi connectivity index (χ4n) is 2.07. The lowest BCUT2D eigenvalue weighted by Gasteiger charge is -2.23. The van der Waals surface area contributed by atoms with E-state index in [2.05, 4.69) is 15.5 Å². The topological polar surface area (TPSA) is 123 Å². The molecule has 1 aromatic carbocycles. The highest BCUT2D eigenvalue weighted by atomic mass is 16.9. The molecule has 1 atom stereocenters. The van der Waals surface area contributed by atoms with E-state index in [1.165, 1.54) is 0 Å². The molecule has 1 amide bonds. The Morgan fingerprint density at radius 1 is 1.30 bits per heavy atom. The number of benzene rings is 1. The van der Waals surface area contributed by atoms with Gasteiger partial charge in [0.15, 0.2) is 0 Å². The molecule has 1 rings (SSSR count). The second-order valence-corrected chi connectivity index (χ2v) is 7.18. The fourth-order valence-corrected chi connectivity index (χ4v) is 2.07. The maximum atomic E-state index is 11.8. The summed E-state index contributed by atoms with van der Waals surface area (Å²) in [7, 11) is 0. The van der Waals surface area contributed by atoms with E-state index in [-0.39, 0.29) is 31.1 Å². The Morgan fingerprint density at radius 3 is 2.56 bits per heavy atom. The number of amides is 1. The normalized spacial score (nSPS) is 12.3. The molecule has 0 heterocycles. The van der Waals surface area contributed by atoms with Gasteiger partial charge in [0.2, 0.25) is 5.91 Å².